The number of aromatic nitrogens is 1. The van der Waals surface area contributed by atoms with Gasteiger partial charge in [0.1, 0.15) is 5.82 Å². The standard InChI is InChI=1S/C11H14N2O3/c1-7(2)5-10(14)13-9-6-8(11(15)16)3-4-12-9/h3-4,6-7H,5H2,1-2H3,(H,15,16)(H,12,13,14). The first-order valence-corrected chi connectivity index (χ1v) is 4.98. The molecule has 1 heterocycles. The third-order valence-electron chi connectivity index (χ3n) is 1.87. The topological polar surface area (TPSA) is 79.3 Å². The van der Waals surface area contributed by atoms with Gasteiger partial charge in [0.25, 0.3) is 0 Å². The molecule has 0 unspecified atom stereocenters. The van der Waals surface area contributed by atoms with Crippen molar-refractivity contribution < 1.29 is 14.7 Å². The molecule has 5 nitrogen and oxygen atoms in total. The molecule has 0 aromatic carbocycles. The fourth-order valence-electron chi connectivity index (χ4n) is 1.20. The molecular formula is C11H14N2O3. The van der Waals surface area contributed by atoms with E-state index in [0.29, 0.717) is 6.42 Å². The van der Waals surface area contributed by atoms with E-state index in [1.54, 1.807) is 0 Å². The molecule has 0 fully saturated rings. The quantitative estimate of drug-likeness (QED) is 0.813. The molecule has 16 heavy (non-hydrogen) atoms. The van der Waals surface area contributed by atoms with Crippen LogP contribution in [0.1, 0.15) is 30.6 Å². The summed E-state index contributed by atoms with van der Waals surface area (Å²) in [6.07, 6.45) is 1.74. The molecule has 0 saturated carbocycles. The highest BCUT2D eigenvalue weighted by Gasteiger charge is 2.08. The van der Waals surface area contributed by atoms with E-state index in [0.717, 1.165) is 0 Å². The van der Waals surface area contributed by atoms with Gasteiger partial charge in [0.15, 0.2) is 0 Å². The molecule has 1 aromatic rings. The Morgan fingerprint density at radius 1 is 1.50 bits per heavy atom. The van der Waals surface area contributed by atoms with Crippen LogP contribution in [0.2, 0.25) is 0 Å². The summed E-state index contributed by atoms with van der Waals surface area (Å²) in [6.45, 7) is 3.86. The number of pyridine rings is 1. The molecule has 5 heteroatoms. The number of carboxylic acid groups (broad SMARTS) is 1. The summed E-state index contributed by atoms with van der Waals surface area (Å²) in [7, 11) is 0. The van der Waals surface area contributed by atoms with Gasteiger partial charge < -0.3 is 10.4 Å². The number of anilines is 1. The summed E-state index contributed by atoms with van der Waals surface area (Å²) < 4.78 is 0. The average molecular weight is 222 g/mol. The van der Waals surface area contributed by atoms with Gasteiger partial charge >= 0.3 is 5.97 Å². The van der Waals surface area contributed by atoms with E-state index in [4.69, 9.17) is 5.11 Å². The van der Waals surface area contributed by atoms with Gasteiger partial charge in [-0.05, 0) is 18.1 Å². The van der Waals surface area contributed by atoms with Crippen molar-refractivity contribution in [1.82, 2.24) is 4.98 Å². The first kappa shape index (κ1) is 12.2. The Kier molecular flexibility index (Phi) is 3.99. The number of nitrogens with zero attached hydrogens (tertiary/aromatic N) is 1. The Labute approximate surface area is 93.5 Å². The minimum Gasteiger partial charge on any atom is -0.478 e. The first-order valence-electron chi connectivity index (χ1n) is 4.98. The van der Waals surface area contributed by atoms with E-state index in [9.17, 15) is 9.59 Å². The van der Waals surface area contributed by atoms with E-state index in [-0.39, 0.29) is 23.2 Å². The lowest BCUT2D eigenvalue weighted by molar-refractivity contribution is -0.116. The maximum absolute atomic E-state index is 11.4. The summed E-state index contributed by atoms with van der Waals surface area (Å²) in [4.78, 5) is 26.0. The molecule has 0 aliphatic rings. The number of carbonyl (C=O) groups is 2. The van der Waals surface area contributed by atoms with E-state index >= 15 is 0 Å². The highest BCUT2D eigenvalue weighted by atomic mass is 16.4. The molecule has 0 aliphatic heterocycles. The third kappa shape index (κ3) is 3.68. The molecule has 0 aliphatic carbocycles. The van der Waals surface area contributed by atoms with E-state index in [1.165, 1.54) is 18.3 Å². The van der Waals surface area contributed by atoms with E-state index in [2.05, 4.69) is 10.3 Å². The van der Waals surface area contributed by atoms with Crippen molar-refractivity contribution in [2.75, 3.05) is 5.32 Å². The van der Waals surface area contributed by atoms with Gasteiger partial charge in [-0.25, -0.2) is 9.78 Å². The molecule has 0 radical (unpaired) electrons. The minimum atomic E-state index is -1.04. The van der Waals surface area contributed by atoms with Crippen molar-refractivity contribution in [3.05, 3.63) is 23.9 Å². The number of carbonyl (C=O) groups excluding carboxylic acids is 1. The summed E-state index contributed by atoms with van der Waals surface area (Å²) in [6, 6.07) is 2.71. The van der Waals surface area contributed by atoms with Crippen molar-refractivity contribution in [3.63, 3.8) is 0 Å². The van der Waals surface area contributed by atoms with Crippen molar-refractivity contribution in [2.24, 2.45) is 5.92 Å². The molecule has 1 amide bonds. The lowest BCUT2D eigenvalue weighted by Crippen LogP contribution is -2.15. The fraction of sp³-hybridized carbons (Fsp3) is 0.364. The number of nitrogens with one attached hydrogen (secondary N) is 1. The van der Waals surface area contributed by atoms with E-state index in [1.807, 2.05) is 13.8 Å². The van der Waals surface area contributed by atoms with Crippen LogP contribution in [0, 0.1) is 5.92 Å². The number of aromatic carboxylic acids is 1. The molecule has 1 aromatic heterocycles. The van der Waals surface area contributed by atoms with Gasteiger partial charge in [-0.3, -0.25) is 4.79 Å². The maximum Gasteiger partial charge on any atom is 0.335 e. The smallest absolute Gasteiger partial charge is 0.335 e. The van der Waals surface area contributed by atoms with Gasteiger partial charge in [0.05, 0.1) is 5.56 Å². The fourth-order valence-corrected chi connectivity index (χ4v) is 1.20. The van der Waals surface area contributed by atoms with Crippen LogP contribution in [-0.4, -0.2) is 22.0 Å². The van der Waals surface area contributed by atoms with Crippen LogP contribution in [0.5, 0.6) is 0 Å². The van der Waals surface area contributed by atoms with Gasteiger partial charge in [-0.2, -0.15) is 0 Å². The largest absolute Gasteiger partial charge is 0.478 e. The first-order chi connectivity index (χ1) is 7.49. The van der Waals surface area contributed by atoms with Crippen LogP contribution in [-0.2, 0) is 4.79 Å². The Bertz CT molecular complexity index is 402. The van der Waals surface area contributed by atoms with Crippen LogP contribution < -0.4 is 5.32 Å². The maximum atomic E-state index is 11.4. The molecule has 0 saturated heterocycles. The number of rotatable bonds is 4. The van der Waals surface area contributed by atoms with Crippen molar-refractivity contribution in [2.45, 2.75) is 20.3 Å². The van der Waals surface area contributed by atoms with Crippen LogP contribution in [0.15, 0.2) is 18.3 Å². The summed E-state index contributed by atoms with van der Waals surface area (Å²) in [5, 5.41) is 11.3. The van der Waals surface area contributed by atoms with Crippen molar-refractivity contribution in [3.8, 4) is 0 Å². The number of amides is 1. The lowest BCUT2D eigenvalue weighted by Gasteiger charge is -2.06. The van der Waals surface area contributed by atoms with E-state index < -0.39 is 5.97 Å². The molecule has 2 N–H and O–H groups in total. The highest BCUT2D eigenvalue weighted by molar-refractivity contribution is 5.92. The van der Waals surface area contributed by atoms with Crippen LogP contribution in [0.3, 0.4) is 0 Å². The molecule has 1 rings (SSSR count). The highest BCUT2D eigenvalue weighted by Crippen LogP contribution is 2.08. The monoisotopic (exact) mass is 222 g/mol. The SMILES string of the molecule is CC(C)CC(=O)Nc1cc(C(=O)O)ccn1. The molecule has 0 spiro atoms. The average Bonchev–Trinajstić information content (AvgIpc) is 2.16. The van der Waals surface area contributed by atoms with Crippen LogP contribution in [0.4, 0.5) is 5.82 Å². The Morgan fingerprint density at radius 2 is 2.19 bits per heavy atom. The Morgan fingerprint density at radius 3 is 2.75 bits per heavy atom. The Balaban J connectivity index is 2.70. The summed E-state index contributed by atoms with van der Waals surface area (Å²) >= 11 is 0. The van der Waals surface area contributed by atoms with Gasteiger partial charge in [0.2, 0.25) is 5.91 Å². The second-order valence-electron chi connectivity index (χ2n) is 3.88. The number of hydrogen-bond donors (Lipinski definition) is 2. The summed E-state index contributed by atoms with van der Waals surface area (Å²) in [5.41, 5.74) is 0.106. The predicted octanol–water partition coefficient (Wildman–Crippen LogP) is 1.76. The van der Waals surface area contributed by atoms with Crippen LogP contribution >= 0.6 is 0 Å². The van der Waals surface area contributed by atoms with Crippen molar-refractivity contribution in [1.29, 1.82) is 0 Å². The van der Waals surface area contributed by atoms with Crippen molar-refractivity contribution >= 4 is 17.7 Å². The van der Waals surface area contributed by atoms with Gasteiger partial charge in [-0.1, -0.05) is 13.8 Å². The molecule has 0 bridgehead atoms. The minimum absolute atomic E-state index is 0.106. The zero-order valence-electron chi connectivity index (χ0n) is 9.23. The second kappa shape index (κ2) is 5.25. The lowest BCUT2D eigenvalue weighted by atomic mass is 10.1. The normalized spacial score (nSPS) is 10.2. The zero-order valence-corrected chi connectivity index (χ0v) is 9.23. The number of hydrogen-bond acceptors (Lipinski definition) is 3. The zero-order chi connectivity index (χ0) is 12.1. The number of carboxylic acids is 1. The molecule has 0 atom stereocenters. The second-order valence-corrected chi connectivity index (χ2v) is 3.88. The molecule has 86 valence electrons. The molecular weight excluding hydrogens is 208 g/mol. The van der Waals surface area contributed by atoms with Crippen LogP contribution in [0.25, 0.3) is 0 Å². The van der Waals surface area contributed by atoms with Gasteiger partial charge in [0, 0.05) is 12.6 Å². The Hall–Kier alpha value is -1.91. The third-order valence-corrected chi connectivity index (χ3v) is 1.87. The van der Waals surface area contributed by atoms with Gasteiger partial charge in [-0.15, -0.1) is 0 Å². The predicted molar refractivity (Wildman–Crippen MR) is 59.3 cm³/mol. The summed E-state index contributed by atoms with van der Waals surface area (Å²) in [5.74, 6) is -0.681.